The van der Waals surface area contributed by atoms with Crippen LogP contribution in [0.15, 0.2) is 46.1 Å². The maximum atomic E-state index is 13.0. The number of rotatable bonds is 10. The highest BCUT2D eigenvalue weighted by Gasteiger charge is 2.38. The first kappa shape index (κ1) is 32.3. The first-order valence-electron chi connectivity index (χ1n) is 10.2. The Bertz CT molecular complexity index is 1410. The molecule has 0 radical (unpaired) electrons. The molecule has 0 bridgehead atoms. The van der Waals surface area contributed by atoms with Gasteiger partial charge in [0.25, 0.3) is 21.3 Å². The predicted octanol–water partition coefficient (Wildman–Crippen LogP) is 0.330. The highest BCUT2D eigenvalue weighted by atomic mass is 32.2. The number of halogens is 3. The molecule has 20 heteroatoms. The van der Waals surface area contributed by atoms with Crippen LogP contribution in [0.25, 0.3) is 0 Å². The summed E-state index contributed by atoms with van der Waals surface area (Å²) in [6, 6.07) is 5.70. The molecule has 39 heavy (non-hydrogen) atoms. The molecule has 1 aromatic heterocycles. The molecule has 8 N–H and O–H groups in total. The fourth-order valence-electron chi connectivity index (χ4n) is 2.78. The number of benzene rings is 1. The lowest BCUT2D eigenvalue weighted by molar-refractivity contribution is -0.385. The van der Waals surface area contributed by atoms with E-state index in [-0.39, 0.29) is 13.0 Å². The van der Waals surface area contributed by atoms with Gasteiger partial charge in [-0.25, -0.2) is 18.7 Å². The number of sulfonamides is 1. The highest BCUT2D eigenvalue weighted by molar-refractivity contribution is 7.92. The fraction of sp³-hybridized carbons (Fsp3) is 0.263. The maximum Gasteiger partial charge on any atom is 0.490 e. The van der Waals surface area contributed by atoms with E-state index < -0.39 is 66.8 Å². The number of primary amides is 1. The fourth-order valence-corrected chi connectivity index (χ4v) is 3.87. The van der Waals surface area contributed by atoms with Crippen molar-refractivity contribution in [3.05, 3.63) is 62.6 Å². The van der Waals surface area contributed by atoms with Crippen LogP contribution in [0.4, 0.5) is 24.5 Å². The van der Waals surface area contributed by atoms with Gasteiger partial charge in [0, 0.05) is 24.2 Å². The smallest absolute Gasteiger partial charge is 0.475 e. The minimum atomic E-state index is -5.08. The molecular weight excluding hydrogens is 559 g/mol. The molecule has 0 saturated heterocycles. The number of guanidine groups is 1. The van der Waals surface area contributed by atoms with Gasteiger partial charge in [0.15, 0.2) is 0 Å². The van der Waals surface area contributed by atoms with Crippen molar-refractivity contribution in [2.75, 3.05) is 11.3 Å². The summed E-state index contributed by atoms with van der Waals surface area (Å²) in [4.78, 5) is 48.5. The number of hydrogen-bond acceptors (Lipinski definition) is 9. The Morgan fingerprint density at radius 3 is 2.33 bits per heavy atom. The van der Waals surface area contributed by atoms with E-state index in [1.807, 2.05) is 0 Å². The average Bonchev–Trinajstić information content (AvgIpc) is 2.81. The molecule has 0 fully saturated rings. The number of non-ortho nitro benzene ring substituents is 1. The largest absolute Gasteiger partial charge is 0.490 e. The number of aryl methyl sites for hydroxylation is 1. The number of carbonyl (C=O) groups is 2. The van der Waals surface area contributed by atoms with E-state index in [0.717, 1.165) is 22.8 Å². The predicted molar refractivity (Wildman–Crippen MR) is 127 cm³/mol. The molecule has 214 valence electrons. The Morgan fingerprint density at radius 2 is 1.85 bits per heavy atom. The molecule has 2 aromatic rings. The number of nitrogens with two attached hydrogens (primary N) is 2. The quantitative estimate of drug-likeness (QED) is 0.0732. The molecule has 16 nitrogen and oxygen atoms in total. The first-order valence-corrected chi connectivity index (χ1v) is 11.7. The van der Waals surface area contributed by atoms with Gasteiger partial charge in [-0.1, -0.05) is 6.07 Å². The van der Waals surface area contributed by atoms with E-state index in [9.17, 15) is 41.3 Å². The van der Waals surface area contributed by atoms with E-state index in [1.165, 1.54) is 25.1 Å². The standard InChI is InChI=1S/C17H21N7O7S.C2HF3O2/c1-10-5-6-13(22-32(29,30)12-4-2-3-11(9-12)24(27)28)16(26)23(10)14(15(18)25)7-8-31-21-17(19)20;3-2(4,5)1(6)7/h2-6,9,14,22H,7-8H2,1H3,(H2,18,25)(H4,19,20,21);(H,6,7). The molecule has 0 aliphatic rings. The van der Waals surface area contributed by atoms with E-state index in [1.54, 1.807) is 0 Å². The van der Waals surface area contributed by atoms with Crippen molar-refractivity contribution in [1.82, 2.24) is 10.0 Å². The lowest BCUT2D eigenvalue weighted by Gasteiger charge is -2.20. The number of nitrogens with zero attached hydrogens (tertiary/aromatic N) is 2. The van der Waals surface area contributed by atoms with Gasteiger partial charge in [0.1, 0.15) is 11.7 Å². The molecular formula is C19H22F3N7O9S. The Hall–Kier alpha value is -4.72. The lowest BCUT2D eigenvalue weighted by atomic mass is 10.1. The third-order valence-electron chi connectivity index (χ3n) is 4.46. The van der Waals surface area contributed by atoms with Gasteiger partial charge >= 0.3 is 12.1 Å². The second-order valence-corrected chi connectivity index (χ2v) is 8.98. The van der Waals surface area contributed by atoms with Crippen molar-refractivity contribution >= 4 is 39.2 Å². The Kier molecular flexibility index (Phi) is 10.9. The average molecular weight is 581 g/mol. The van der Waals surface area contributed by atoms with Crippen molar-refractivity contribution < 1.29 is 46.0 Å². The third kappa shape index (κ3) is 9.59. The zero-order valence-electron chi connectivity index (χ0n) is 19.8. The Morgan fingerprint density at radius 1 is 1.26 bits per heavy atom. The number of hydroxylamine groups is 1. The van der Waals surface area contributed by atoms with E-state index in [4.69, 9.17) is 31.6 Å². The van der Waals surface area contributed by atoms with E-state index in [0.29, 0.717) is 5.69 Å². The molecule has 1 heterocycles. The summed E-state index contributed by atoms with van der Waals surface area (Å²) in [5.74, 6) is -4.10. The number of nitrogens with one attached hydrogen (secondary N) is 3. The number of carbonyl (C=O) groups excluding carboxylic acids is 1. The number of carboxylic acids is 1. The topological polar surface area (TPSA) is 263 Å². The third-order valence-corrected chi connectivity index (χ3v) is 5.82. The van der Waals surface area contributed by atoms with Crippen LogP contribution in [0.1, 0.15) is 18.2 Å². The second kappa shape index (κ2) is 13.2. The van der Waals surface area contributed by atoms with Gasteiger partial charge in [-0.05, 0) is 25.1 Å². The molecule has 0 aliphatic heterocycles. The number of hydrogen-bond donors (Lipinski definition) is 6. The molecule has 1 amide bonds. The summed E-state index contributed by atoms with van der Waals surface area (Å²) in [6.07, 6.45) is -5.17. The summed E-state index contributed by atoms with van der Waals surface area (Å²) in [5, 5.41) is 25.1. The number of aliphatic carboxylic acids is 1. The van der Waals surface area contributed by atoms with Crippen LogP contribution < -0.4 is 27.2 Å². The SMILES string of the molecule is Cc1ccc(NS(=O)(=O)c2cccc([N+](=O)[O-])c2)c(=O)n1C(CCONC(=N)N)C(N)=O.O=C(O)C(F)(F)F. The maximum absolute atomic E-state index is 13.0. The lowest BCUT2D eigenvalue weighted by Crippen LogP contribution is -2.38. The molecule has 2 rings (SSSR count). The number of alkyl halides is 3. The highest BCUT2D eigenvalue weighted by Crippen LogP contribution is 2.20. The minimum absolute atomic E-state index is 0.0859. The van der Waals surface area contributed by atoms with Crippen LogP contribution in [-0.2, 0) is 24.4 Å². The van der Waals surface area contributed by atoms with Crippen molar-refractivity contribution in [3.63, 3.8) is 0 Å². The van der Waals surface area contributed by atoms with Gasteiger partial charge in [-0.15, -0.1) is 0 Å². The van der Waals surface area contributed by atoms with Crippen LogP contribution >= 0.6 is 0 Å². The van der Waals surface area contributed by atoms with Gasteiger partial charge in [0.2, 0.25) is 11.9 Å². The first-order chi connectivity index (χ1) is 17.9. The zero-order chi connectivity index (χ0) is 30.1. The van der Waals surface area contributed by atoms with Crippen LogP contribution in [0, 0.1) is 22.4 Å². The van der Waals surface area contributed by atoms with Crippen LogP contribution in [0.2, 0.25) is 0 Å². The van der Waals surface area contributed by atoms with Gasteiger partial charge in [-0.2, -0.15) is 13.2 Å². The van der Waals surface area contributed by atoms with Crippen molar-refractivity contribution in [2.45, 2.75) is 30.5 Å². The summed E-state index contributed by atoms with van der Waals surface area (Å²) >= 11 is 0. The summed E-state index contributed by atoms with van der Waals surface area (Å²) in [6.45, 7) is 1.37. The van der Waals surface area contributed by atoms with E-state index in [2.05, 4.69) is 10.2 Å². The normalized spacial score (nSPS) is 11.9. The Labute approximate surface area is 217 Å². The number of amides is 1. The zero-order valence-corrected chi connectivity index (χ0v) is 20.6. The number of pyridine rings is 1. The van der Waals surface area contributed by atoms with Crippen LogP contribution in [-0.4, -0.2) is 53.6 Å². The van der Waals surface area contributed by atoms with Crippen molar-refractivity contribution in [1.29, 1.82) is 5.41 Å². The summed E-state index contributed by atoms with van der Waals surface area (Å²) in [5.41, 5.74) is 11.2. The van der Waals surface area contributed by atoms with Gasteiger partial charge < -0.3 is 16.6 Å². The van der Waals surface area contributed by atoms with Crippen LogP contribution in [0.3, 0.4) is 0 Å². The summed E-state index contributed by atoms with van der Waals surface area (Å²) < 4.78 is 60.2. The van der Waals surface area contributed by atoms with Crippen molar-refractivity contribution in [2.24, 2.45) is 11.5 Å². The van der Waals surface area contributed by atoms with Gasteiger partial charge in [0.05, 0.1) is 16.4 Å². The number of carboxylic acid groups (broad SMARTS) is 1. The second-order valence-electron chi connectivity index (χ2n) is 7.30. The molecule has 0 aliphatic carbocycles. The number of nitro benzene ring substituents is 1. The number of anilines is 1. The number of aromatic nitrogens is 1. The van der Waals surface area contributed by atoms with Crippen LogP contribution in [0.5, 0.6) is 0 Å². The van der Waals surface area contributed by atoms with E-state index >= 15 is 0 Å². The monoisotopic (exact) mass is 581 g/mol. The molecule has 1 atom stereocenters. The Balaban J connectivity index is 0.000000956. The summed E-state index contributed by atoms with van der Waals surface area (Å²) in [7, 11) is -4.35. The number of nitro groups is 1. The molecule has 0 saturated carbocycles. The molecule has 0 spiro atoms. The van der Waals surface area contributed by atoms with Gasteiger partial charge in [-0.3, -0.25) is 39.2 Å². The molecule has 1 unspecified atom stereocenters. The molecule has 1 aromatic carbocycles. The van der Waals surface area contributed by atoms with Crippen molar-refractivity contribution in [3.8, 4) is 0 Å². The minimum Gasteiger partial charge on any atom is -0.475 e.